The predicted octanol–water partition coefficient (Wildman–Crippen LogP) is 2.34. The van der Waals surface area contributed by atoms with Gasteiger partial charge in [0, 0.05) is 29.8 Å². The van der Waals surface area contributed by atoms with Gasteiger partial charge in [0.05, 0.1) is 23.3 Å². The first-order valence-electron chi connectivity index (χ1n) is 7.66. The van der Waals surface area contributed by atoms with Crippen LogP contribution in [0.1, 0.15) is 38.3 Å². The number of aromatic amines is 1. The van der Waals surface area contributed by atoms with E-state index in [2.05, 4.69) is 44.6 Å². The highest BCUT2D eigenvalue weighted by atomic mass is 15.6. The zero-order valence-corrected chi connectivity index (χ0v) is 12.5. The largest absolute Gasteiger partial charge is 0.346 e. The highest BCUT2D eigenvalue weighted by Crippen LogP contribution is 2.47. The van der Waals surface area contributed by atoms with Crippen LogP contribution in [-0.4, -0.2) is 31.5 Å². The molecule has 4 rings (SSSR count). The third-order valence-electron chi connectivity index (χ3n) is 4.74. The van der Waals surface area contributed by atoms with Crippen molar-refractivity contribution >= 4 is 16.6 Å². The van der Waals surface area contributed by atoms with Crippen molar-refractivity contribution in [2.75, 3.05) is 0 Å². The molecular formula is C16H18N6. The Morgan fingerprint density at radius 3 is 3.09 bits per heavy atom. The van der Waals surface area contributed by atoms with E-state index < -0.39 is 0 Å². The van der Waals surface area contributed by atoms with Gasteiger partial charge in [0.1, 0.15) is 12.0 Å². The maximum absolute atomic E-state index is 8.85. The van der Waals surface area contributed by atoms with Gasteiger partial charge in [-0.15, -0.1) is 0 Å². The molecule has 0 bridgehead atoms. The van der Waals surface area contributed by atoms with Crippen molar-refractivity contribution in [2.24, 2.45) is 0 Å². The van der Waals surface area contributed by atoms with Crippen LogP contribution in [0, 0.1) is 11.3 Å². The Morgan fingerprint density at radius 2 is 2.32 bits per heavy atom. The summed E-state index contributed by atoms with van der Waals surface area (Å²) in [6.07, 6.45) is 9.46. The number of aromatic nitrogens is 3. The monoisotopic (exact) mass is 294 g/mol. The van der Waals surface area contributed by atoms with Gasteiger partial charge in [-0.1, -0.05) is 0 Å². The van der Waals surface area contributed by atoms with Gasteiger partial charge in [0.2, 0.25) is 0 Å². The van der Waals surface area contributed by atoms with E-state index in [1.165, 1.54) is 5.57 Å². The fourth-order valence-electron chi connectivity index (χ4n) is 3.25. The molecule has 3 heterocycles. The number of nitrogens with zero attached hydrogens (tertiary/aromatic N) is 4. The zero-order valence-electron chi connectivity index (χ0n) is 12.5. The summed E-state index contributed by atoms with van der Waals surface area (Å²) >= 11 is 0. The average Bonchev–Trinajstić information content (AvgIpc) is 2.97. The standard InChI is InChI=1S/C16H18N6/c1-11-13(14-12-3-8-18-15(12)20-10-19-14)9-22(21-11)16(5-6-16)4-2-7-17/h3,8-11,21H,2,4-6H2,1H3,(H,18,19,20). The summed E-state index contributed by atoms with van der Waals surface area (Å²) in [6, 6.07) is 4.48. The minimum absolute atomic E-state index is 0.121. The molecule has 22 heavy (non-hydrogen) atoms. The Hall–Kier alpha value is -2.39. The molecular weight excluding hydrogens is 276 g/mol. The first-order valence-corrected chi connectivity index (χ1v) is 7.66. The van der Waals surface area contributed by atoms with E-state index in [0.29, 0.717) is 6.42 Å². The van der Waals surface area contributed by atoms with Gasteiger partial charge in [0.15, 0.2) is 0 Å². The van der Waals surface area contributed by atoms with Crippen LogP contribution < -0.4 is 5.43 Å². The van der Waals surface area contributed by atoms with E-state index in [-0.39, 0.29) is 11.6 Å². The summed E-state index contributed by atoms with van der Waals surface area (Å²) in [4.78, 5) is 11.9. The average molecular weight is 294 g/mol. The summed E-state index contributed by atoms with van der Waals surface area (Å²) in [5, 5.41) is 12.1. The van der Waals surface area contributed by atoms with E-state index >= 15 is 0 Å². The summed E-state index contributed by atoms with van der Waals surface area (Å²) in [6.45, 7) is 2.15. The lowest BCUT2D eigenvalue weighted by atomic mass is 10.1. The molecule has 112 valence electrons. The third kappa shape index (κ3) is 1.97. The van der Waals surface area contributed by atoms with Crippen molar-refractivity contribution in [2.45, 2.75) is 44.2 Å². The highest BCUT2D eigenvalue weighted by molar-refractivity contribution is 5.89. The smallest absolute Gasteiger partial charge is 0.141 e. The molecule has 2 N–H and O–H groups in total. The summed E-state index contributed by atoms with van der Waals surface area (Å²) in [5.74, 6) is 0. The van der Waals surface area contributed by atoms with Crippen LogP contribution >= 0.6 is 0 Å². The number of hydrazine groups is 1. The fourth-order valence-corrected chi connectivity index (χ4v) is 3.25. The molecule has 0 amide bonds. The Bertz CT molecular complexity index is 779. The number of H-pyrrole nitrogens is 1. The fraction of sp³-hybridized carbons (Fsp3) is 0.438. The van der Waals surface area contributed by atoms with Gasteiger partial charge >= 0.3 is 0 Å². The van der Waals surface area contributed by atoms with E-state index in [1.54, 1.807) is 6.33 Å². The van der Waals surface area contributed by atoms with Crippen molar-refractivity contribution < 1.29 is 0 Å². The van der Waals surface area contributed by atoms with E-state index in [1.807, 2.05) is 12.3 Å². The van der Waals surface area contributed by atoms with E-state index in [0.717, 1.165) is 36.0 Å². The zero-order chi connectivity index (χ0) is 15.2. The van der Waals surface area contributed by atoms with Crippen molar-refractivity contribution in [3.05, 3.63) is 30.5 Å². The molecule has 1 aliphatic heterocycles. The van der Waals surface area contributed by atoms with Crippen molar-refractivity contribution in [3.63, 3.8) is 0 Å². The molecule has 0 aromatic carbocycles. The molecule has 1 atom stereocenters. The summed E-state index contributed by atoms with van der Waals surface area (Å²) < 4.78 is 0. The number of hydrogen-bond acceptors (Lipinski definition) is 5. The minimum atomic E-state index is 0.121. The van der Waals surface area contributed by atoms with Crippen LogP contribution in [-0.2, 0) is 0 Å². The molecule has 0 saturated heterocycles. The SMILES string of the molecule is CC1NN(C2(CCC#N)CC2)C=C1c1ncnc2[nH]ccc12. The second-order valence-corrected chi connectivity index (χ2v) is 6.15. The second-order valence-electron chi connectivity index (χ2n) is 6.15. The van der Waals surface area contributed by atoms with Crippen LogP contribution in [0.3, 0.4) is 0 Å². The maximum atomic E-state index is 8.85. The van der Waals surface area contributed by atoms with Crippen LogP contribution in [0.25, 0.3) is 16.6 Å². The number of nitrogens with one attached hydrogen (secondary N) is 2. The van der Waals surface area contributed by atoms with E-state index in [4.69, 9.17) is 5.26 Å². The van der Waals surface area contributed by atoms with Gasteiger partial charge < -0.3 is 9.99 Å². The number of nitriles is 1. The minimum Gasteiger partial charge on any atom is -0.346 e. The van der Waals surface area contributed by atoms with Crippen LogP contribution in [0.2, 0.25) is 0 Å². The topological polar surface area (TPSA) is 80.6 Å². The van der Waals surface area contributed by atoms with Gasteiger partial charge in [0.25, 0.3) is 0 Å². The number of rotatable bonds is 4. The Morgan fingerprint density at radius 1 is 1.45 bits per heavy atom. The van der Waals surface area contributed by atoms with Gasteiger partial charge in [-0.05, 0) is 32.3 Å². The molecule has 1 unspecified atom stereocenters. The Kier molecular flexibility index (Phi) is 2.91. The molecule has 1 fully saturated rings. The Labute approximate surface area is 128 Å². The molecule has 6 nitrogen and oxygen atoms in total. The first-order chi connectivity index (χ1) is 10.7. The van der Waals surface area contributed by atoms with Gasteiger partial charge in [-0.25, -0.2) is 15.4 Å². The summed E-state index contributed by atoms with van der Waals surface area (Å²) in [5.41, 5.74) is 6.67. The molecule has 0 radical (unpaired) electrons. The van der Waals surface area contributed by atoms with E-state index in [9.17, 15) is 0 Å². The first kappa shape index (κ1) is 13.3. The number of hydrogen-bond donors (Lipinski definition) is 2. The van der Waals surface area contributed by atoms with Gasteiger partial charge in [-0.3, -0.25) is 0 Å². The summed E-state index contributed by atoms with van der Waals surface area (Å²) in [7, 11) is 0. The lowest BCUT2D eigenvalue weighted by Gasteiger charge is -2.28. The molecule has 2 aromatic heterocycles. The number of fused-ring (bicyclic) bond motifs is 1. The molecule has 1 aliphatic carbocycles. The van der Waals surface area contributed by atoms with Crippen LogP contribution in [0.15, 0.2) is 24.8 Å². The van der Waals surface area contributed by atoms with Crippen molar-refractivity contribution in [1.82, 2.24) is 25.4 Å². The lowest BCUT2D eigenvalue weighted by molar-refractivity contribution is 0.175. The van der Waals surface area contributed by atoms with Crippen molar-refractivity contribution in [3.8, 4) is 6.07 Å². The van der Waals surface area contributed by atoms with Crippen LogP contribution in [0.4, 0.5) is 0 Å². The highest BCUT2D eigenvalue weighted by Gasteiger charge is 2.49. The molecule has 6 heteroatoms. The second kappa shape index (κ2) is 4.82. The maximum Gasteiger partial charge on any atom is 0.141 e. The Balaban J connectivity index is 1.69. The van der Waals surface area contributed by atoms with Crippen LogP contribution in [0.5, 0.6) is 0 Å². The lowest BCUT2D eigenvalue weighted by Crippen LogP contribution is -2.43. The predicted molar refractivity (Wildman–Crippen MR) is 83.1 cm³/mol. The third-order valence-corrected chi connectivity index (χ3v) is 4.74. The molecule has 2 aromatic rings. The quantitative estimate of drug-likeness (QED) is 0.904. The van der Waals surface area contributed by atoms with Crippen molar-refractivity contribution in [1.29, 1.82) is 5.26 Å². The molecule has 0 spiro atoms. The van der Waals surface area contributed by atoms with Gasteiger partial charge in [-0.2, -0.15) is 5.26 Å². The molecule has 1 saturated carbocycles. The molecule has 2 aliphatic rings. The normalized spacial score (nSPS) is 22.6.